The van der Waals surface area contributed by atoms with E-state index in [1.54, 1.807) is 0 Å². The lowest BCUT2D eigenvalue weighted by Gasteiger charge is -2.10. The van der Waals surface area contributed by atoms with Crippen molar-refractivity contribution in [1.29, 1.82) is 0 Å². The zero-order valence-electron chi connectivity index (χ0n) is 9.92. The molecular weight excluding hydrogens is 266 g/mol. The highest BCUT2D eigenvalue weighted by atomic mass is 79.9. The number of nitrogens with one attached hydrogen (secondary N) is 1. The van der Waals surface area contributed by atoms with Gasteiger partial charge in [0.15, 0.2) is 5.96 Å². The second-order valence-corrected chi connectivity index (χ2v) is 4.97. The van der Waals surface area contributed by atoms with E-state index < -0.39 is 0 Å². The van der Waals surface area contributed by atoms with E-state index in [2.05, 4.69) is 40.1 Å². The summed E-state index contributed by atoms with van der Waals surface area (Å²) >= 11 is 3.52. The fourth-order valence-corrected chi connectivity index (χ4v) is 1.57. The first-order valence-electron chi connectivity index (χ1n) is 5.32. The molecule has 0 spiro atoms. The molecule has 88 valence electrons. The van der Waals surface area contributed by atoms with Crippen LogP contribution in [0.5, 0.6) is 0 Å². The minimum absolute atomic E-state index is 0.458. The number of hydrogen-bond donors (Lipinski definition) is 2. The van der Waals surface area contributed by atoms with Crippen molar-refractivity contribution in [2.45, 2.75) is 20.8 Å². The molecule has 0 aliphatic heterocycles. The number of guanidine groups is 1. The number of aryl methyl sites for hydroxylation is 1. The smallest absolute Gasteiger partial charge is 0.193 e. The van der Waals surface area contributed by atoms with Crippen LogP contribution >= 0.6 is 15.9 Å². The molecule has 16 heavy (non-hydrogen) atoms. The lowest BCUT2D eigenvalue weighted by Crippen LogP contribution is -2.23. The third-order valence-electron chi connectivity index (χ3n) is 2.08. The maximum absolute atomic E-state index is 5.79. The van der Waals surface area contributed by atoms with E-state index in [0.717, 1.165) is 16.7 Å². The SMILES string of the molecule is Cc1cccc(NC(N)=NCC(C)C)c1Br. The van der Waals surface area contributed by atoms with Crippen molar-refractivity contribution in [3.8, 4) is 0 Å². The molecule has 0 unspecified atom stereocenters. The normalized spacial score (nSPS) is 11.9. The monoisotopic (exact) mass is 283 g/mol. The fourth-order valence-electron chi connectivity index (χ4n) is 1.20. The predicted molar refractivity (Wildman–Crippen MR) is 73.8 cm³/mol. The van der Waals surface area contributed by atoms with E-state index in [1.807, 2.05) is 25.1 Å². The average Bonchev–Trinajstić information content (AvgIpc) is 2.22. The van der Waals surface area contributed by atoms with Crippen molar-refractivity contribution in [2.24, 2.45) is 16.6 Å². The van der Waals surface area contributed by atoms with Crippen LogP contribution in [0.2, 0.25) is 0 Å². The Bertz CT molecular complexity index is 386. The molecule has 0 heterocycles. The quantitative estimate of drug-likeness (QED) is 0.661. The largest absolute Gasteiger partial charge is 0.370 e. The number of nitrogens with zero attached hydrogens (tertiary/aromatic N) is 1. The summed E-state index contributed by atoms with van der Waals surface area (Å²) in [5.41, 5.74) is 7.91. The van der Waals surface area contributed by atoms with E-state index >= 15 is 0 Å². The van der Waals surface area contributed by atoms with Crippen LogP contribution in [0.4, 0.5) is 5.69 Å². The number of halogens is 1. The van der Waals surface area contributed by atoms with Crippen molar-refractivity contribution < 1.29 is 0 Å². The molecule has 0 saturated heterocycles. The number of rotatable bonds is 3. The molecule has 3 N–H and O–H groups in total. The van der Waals surface area contributed by atoms with Gasteiger partial charge >= 0.3 is 0 Å². The van der Waals surface area contributed by atoms with Crippen LogP contribution in [0.1, 0.15) is 19.4 Å². The first-order valence-corrected chi connectivity index (χ1v) is 6.12. The molecule has 0 aliphatic carbocycles. The van der Waals surface area contributed by atoms with Crippen LogP contribution in [0, 0.1) is 12.8 Å². The van der Waals surface area contributed by atoms with Gasteiger partial charge in [-0.15, -0.1) is 0 Å². The molecule has 0 atom stereocenters. The summed E-state index contributed by atoms with van der Waals surface area (Å²) in [4.78, 5) is 4.25. The van der Waals surface area contributed by atoms with Gasteiger partial charge in [0.2, 0.25) is 0 Å². The zero-order chi connectivity index (χ0) is 12.1. The van der Waals surface area contributed by atoms with E-state index in [0.29, 0.717) is 11.9 Å². The van der Waals surface area contributed by atoms with E-state index in [9.17, 15) is 0 Å². The lowest BCUT2D eigenvalue weighted by molar-refractivity contribution is 0.665. The molecule has 3 nitrogen and oxygen atoms in total. The molecule has 0 saturated carbocycles. The molecule has 0 radical (unpaired) electrons. The first kappa shape index (κ1) is 13.0. The lowest BCUT2D eigenvalue weighted by atomic mass is 10.2. The Morgan fingerprint density at radius 2 is 2.19 bits per heavy atom. The number of nitrogens with two attached hydrogens (primary N) is 1. The Morgan fingerprint density at radius 3 is 2.81 bits per heavy atom. The average molecular weight is 284 g/mol. The fraction of sp³-hybridized carbons (Fsp3) is 0.417. The Balaban J connectivity index is 2.73. The summed E-state index contributed by atoms with van der Waals surface area (Å²) < 4.78 is 1.03. The minimum atomic E-state index is 0.458. The molecule has 1 aromatic carbocycles. The van der Waals surface area contributed by atoms with Gasteiger partial charge in [0.25, 0.3) is 0 Å². The van der Waals surface area contributed by atoms with Crippen LogP contribution in [0.15, 0.2) is 27.7 Å². The molecule has 0 fully saturated rings. The number of benzene rings is 1. The van der Waals surface area contributed by atoms with Gasteiger partial charge in [-0.3, -0.25) is 4.99 Å². The van der Waals surface area contributed by atoms with Gasteiger partial charge in [-0.1, -0.05) is 26.0 Å². The maximum atomic E-state index is 5.79. The molecule has 0 aromatic heterocycles. The number of anilines is 1. The molecule has 1 aromatic rings. The molecular formula is C12H18BrN3. The predicted octanol–water partition coefficient (Wildman–Crippen LogP) is 3.14. The molecule has 1 rings (SSSR count). The van der Waals surface area contributed by atoms with Crippen molar-refractivity contribution in [1.82, 2.24) is 0 Å². The third kappa shape index (κ3) is 3.85. The van der Waals surface area contributed by atoms with Gasteiger partial charge in [0.05, 0.1) is 5.69 Å². The summed E-state index contributed by atoms with van der Waals surface area (Å²) in [6, 6.07) is 5.99. The Hall–Kier alpha value is -1.03. The minimum Gasteiger partial charge on any atom is -0.370 e. The Morgan fingerprint density at radius 1 is 1.50 bits per heavy atom. The van der Waals surface area contributed by atoms with Crippen molar-refractivity contribution in [2.75, 3.05) is 11.9 Å². The second kappa shape index (κ2) is 5.89. The molecule has 0 aliphatic rings. The van der Waals surface area contributed by atoms with Crippen LogP contribution in [0.25, 0.3) is 0 Å². The Labute approximate surface area is 105 Å². The standard InChI is InChI=1S/C12H18BrN3/c1-8(2)7-15-12(14)16-10-6-4-5-9(3)11(10)13/h4-6,8H,7H2,1-3H3,(H3,14,15,16). The van der Waals surface area contributed by atoms with Gasteiger partial charge in [-0.05, 0) is 40.4 Å². The third-order valence-corrected chi connectivity index (χ3v) is 3.13. The highest BCUT2D eigenvalue weighted by Gasteiger charge is 2.02. The van der Waals surface area contributed by atoms with E-state index in [-0.39, 0.29) is 0 Å². The topological polar surface area (TPSA) is 50.4 Å². The van der Waals surface area contributed by atoms with Crippen LogP contribution in [-0.2, 0) is 0 Å². The molecule has 4 heteroatoms. The highest BCUT2D eigenvalue weighted by Crippen LogP contribution is 2.25. The van der Waals surface area contributed by atoms with Crippen molar-refractivity contribution >= 4 is 27.6 Å². The number of hydrogen-bond acceptors (Lipinski definition) is 1. The zero-order valence-corrected chi connectivity index (χ0v) is 11.5. The second-order valence-electron chi connectivity index (χ2n) is 4.18. The summed E-state index contributed by atoms with van der Waals surface area (Å²) in [6.07, 6.45) is 0. The van der Waals surface area contributed by atoms with Gasteiger partial charge < -0.3 is 11.1 Å². The van der Waals surface area contributed by atoms with Gasteiger partial charge in [0.1, 0.15) is 0 Å². The van der Waals surface area contributed by atoms with E-state index in [1.165, 1.54) is 5.56 Å². The summed E-state index contributed by atoms with van der Waals surface area (Å²) in [6.45, 7) is 7.00. The van der Waals surface area contributed by atoms with Crippen molar-refractivity contribution in [3.05, 3.63) is 28.2 Å². The molecule has 0 bridgehead atoms. The highest BCUT2D eigenvalue weighted by molar-refractivity contribution is 9.10. The molecule has 0 amide bonds. The van der Waals surface area contributed by atoms with Crippen LogP contribution in [-0.4, -0.2) is 12.5 Å². The van der Waals surface area contributed by atoms with Gasteiger partial charge in [0, 0.05) is 11.0 Å². The van der Waals surface area contributed by atoms with Crippen LogP contribution in [0.3, 0.4) is 0 Å². The van der Waals surface area contributed by atoms with Crippen LogP contribution < -0.4 is 11.1 Å². The number of aliphatic imine (C=N–C) groups is 1. The maximum Gasteiger partial charge on any atom is 0.193 e. The van der Waals surface area contributed by atoms with Gasteiger partial charge in [-0.25, -0.2) is 0 Å². The summed E-state index contributed by atoms with van der Waals surface area (Å²) in [7, 11) is 0. The first-order chi connectivity index (χ1) is 7.50. The Kier molecular flexibility index (Phi) is 4.80. The van der Waals surface area contributed by atoms with Crippen molar-refractivity contribution in [3.63, 3.8) is 0 Å². The van der Waals surface area contributed by atoms with Gasteiger partial charge in [-0.2, -0.15) is 0 Å². The summed E-state index contributed by atoms with van der Waals surface area (Å²) in [5, 5.41) is 3.09. The van der Waals surface area contributed by atoms with E-state index in [4.69, 9.17) is 5.73 Å². The summed E-state index contributed by atoms with van der Waals surface area (Å²) in [5.74, 6) is 0.973.